The first-order valence-electron chi connectivity index (χ1n) is 5.39. The van der Waals surface area contributed by atoms with Gasteiger partial charge in [-0.1, -0.05) is 11.6 Å². The van der Waals surface area contributed by atoms with Crippen LogP contribution in [-0.4, -0.2) is 14.8 Å². The Kier molecular flexibility index (Phi) is 2.22. The van der Waals surface area contributed by atoms with Crippen LogP contribution < -0.4 is 0 Å². The predicted molar refractivity (Wildman–Crippen MR) is 73.1 cm³/mol. The van der Waals surface area contributed by atoms with E-state index in [9.17, 15) is 0 Å². The zero-order valence-corrected chi connectivity index (χ0v) is 11.7. The molecule has 17 heavy (non-hydrogen) atoms. The topological polar surface area (TPSA) is 30.7 Å². The summed E-state index contributed by atoms with van der Waals surface area (Å²) < 4.78 is 3.13. The first-order chi connectivity index (χ1) is 8.00. The van der Waals surface area contributed by atoms with Crippen molar-refractivity contribution in [2.24, 2.45) is 7.05 Å². The maximum atomic E-state index is 6.29. The molecule has 5 heteroatoms. The Balaban J connectivity index is 2.64. The number of hydrogen-bond donors (Lipinski definition) is 0. The van der Waals surface area contributed by atoms with Crippen LogP contribution in [0.15, 0.2) is 0 Å². The number of hydrogen-bond acceptors (Lipinski definition) is 3. The molecule has 3 rings (SSSR count). The fraction of sp³-hybridized carbons (Fsp3) is 0.333. The molecule has 0 unspecified atom stereocenters. The van der Waals surface area contributed by atoms with Crippen LogP contribution in [0.1, 0.15) is 17.0 Å². The quantitative estimate of drug-likeness (QED) is 0.620. The van der Waals surface area contributed by atoms with Crippen LogP contribution >= 0.6 is 22.9 Å². The third-order valence-electron chi connectivity index (χ3n) is 3.11. The molecule has 3 nitrogen and oxygen atoms in total. The average molecular weight is 266 g/mol. The van der Waals surface area contributed by atoms with Crippen LogP contribution in [0.2, 0.25) is 5.02 Å². The summed E-state index contributed by atoms with van der Waals surface area (Å²) in [6.07, 6.45) is 0. The summed E-state index contributed by atoms with van der Waals surface area (Å²) in [5, 5.41) is 6.35. The van der Waals surface area contributed by atoms with Gasteiger partial charge in [0.1, 0.15) is 4.83 Å². The van der Waals surface area contributed by atoms with E-state index in [0.29, 0.717) is 0 Å². The molecule has 0 aliphatic carbocycles. The minimum atomic E-state index is 0.760. The third-order valence-corrected chi connectivity index (χ3v) is 4.85. The van der Waals surface area contributed by atoms with E-state index in [0.717, 1.165) is 37.7 Å². The van der Waals surface area contributed by atoms with E-state index in [1.165, 1.54) is 4.70 Å². The maximum absolute atomic E-state index is 6.29. The van der Waals surface area contributed by atoms with E-state index in [1.54, 1.807) is 11.3 Å². The highest BCUT2D eigenvalue weighted by Gasteiger charge is 2.17. The van der Waals surface area contributed by atoms with Crippen molar-refractivity contribution in [2.45, 2.75) is 20.8 Å². The molecule has 0 bridgehead atoms. The Morgan fingerprint density at radius 3 is 2.59 bits per heavy atom. The lowest BCUT2D eigenvalue weighted by Gasteiger charge is -2.03. The Morgan fingerprint density at radius 2 is 1.88 bits per heavy atom. The van der Waals surface area contributed by atoms with Crippen molar-refractivity contribution in [2.75, 3.05) is 0 Å². The molecule has 0 saturated carbocycles. The van der Waals surface area contributed by atoms with Crippen LogP contribution in [-0.2, 0) is 7.05 Å². The van der Waals surface area contributed by atoms with Crippen molar-refractivity contribution in [3.8, 4) is 0 Å². The highest BCUT2D eigenvalue weighted by molar-refractivity contribution is 7.25. The van der Waals surface area contributed by atoms with E-state index >= 15 is 0 Å². The Labute approximate surface area is 108 Å². The Bertz CT molecular complexity index is 754. The molecule has 3 aromatic heterocycles. The largest absolute Gasteiger partial charge is 0.266 e. The van der Waals surface area contributed by atoms with Crippen molar-refractivity contribution in [3.05, 3.63) is 22.0 Å². The van der Waals surface area contributed by atoms with E-state index in [4.69, 9.17) is 11.6 Å². The van der Waals surface area contributed by atoms with Gasteiger partial charge < -0.3 is 0 Å². The minimum absolute atomic E-state index is 0.760. The van der Waals surface area contributed by atoms with Crippen molar-refractivity contribution in [1.29, 1.82) is 0 Å². The number of pyridine rings is 1. The molecule has 3 aromatic rings. The van der Waals surface area contributed by atoms with Crippen molar-refractivity contribution < 1.29 is 0 Å². The third kappa shape index (κ3) is 1.34. The second kappa shape index (κ2) is 3.43. The summed E-state index contributed by atoms with van der Waals surface area (Å²) in [6, 6.07) is 0. The SMILES string of the molecule is Cc1nc2sc3c(C)nn(C)c3c2c(C)c1Cl. The van der Waals surface area contributed by atoms with Crippen LogP contribution in [0, 0.1) is 20.8 Å². The summed E-state index contributed by atoms with van der Waals surface area (Å²) in [5.41, 5.74) is 4.20. The number of nitrogens with zero attached hydrogens (tertiary/aromatic N) is 3. The fourth-order valence-electron chi connectivity index (χ4n) is 2.28. The van der Waals surface area contributed by atoms with E-state index in [2.05, 4.69) is 10.1 Å². The van der Waals surface area contributed by atoms with Gasteiger partial charge in [0.2, 0.25) is 0 Å². The summed E-state index contributed by atoms with van der Waals surface area (Å²) >= 11 is 7.98. The first kappa shape index (κ1) is 11.0. The van der Waals surface area contributed by atoms with E-state index in [1.807, 2.05) is 32.5 Å². The van der Waals surface area contributed by atoms with Crippen molar-refractivity contribution in [1.82, 2.24) is 14.8 Å². The fourth-order valence-corrected chi connectivity index (χ4v) is 3.67. The van der Waals surface area contributed by atoms with Crippen LogP contribution in [0.3, 0.4) is 0 Å². The van der Waals surface area contributed by atoms with Gasteiger partial charge in [0, 0.05) is 12.4 Å². The van der Waals surface area contributed by atoms with Crippen LogP contribution in [0.5, 0.6) is 0 Å². The van der Waals surface area contributed by atoms with Crippen molar-refractivity contribution >= 4 is 43.4 Å². The first-order valence-corrected chi connectivity index (χ1v) is 6.58. The molecule has 0 fully saturated rings. The van der Waals surface area contributed by atoms with Gasteiger partial charge in [-0.15, -0.1) is 11.3 Å². The van der Waals surface area contributed by atoms with Gasteiger partial charge in [-0.05, 0) is 26.3 Å². The standard InChI is InChI=1S/C12H12ClN3S/c1-5-8-10-11(7(3)15-16(10)4)17-12(8)14-6(2)9(5)13/h1-4H3. The van der Waals surface area contributed by atoms with Gasteiger partial charge in [-0.3, -0.25) is 4.68 Å². The summed E-state index contributed by atoms with van der Waals surface area (Å²) in [7, 11) is 1.97. The number of aryl methyl sites for hydroxylation is 4. The molecule has 0 aromatic carbocycles. The lowest BCUT2D eigenvalue weighted by atomic mass is 10.1. The van der Waals surface area contributed by atoms with Gasteiger partial charge in [-0.25, -0.2) is 4.98 Å². The zero-order chi connectivity index (χ0) is 12.3. The molecule has 0 N–H and O–H groups in total. The highest BCUT2D eigenvalue weighted by Crippen LogP contribution is 2.38. The molecule has 0 atom stereocenters. The molecule has 0 saturated heterocycles. The molecule has 0 spiro atoms. The second-order valence-electron chi connectivity index (χ2n) is 4.31. The smallest absolute Gasteiger partial charge is 0.126 e. The number of rotatable bonds is 0. The molecule has 0 aliphatic rings. The van der Waals surface area contributed by atoms with Crippen LogP contribution in [0.4, 0.5) is 0 Å². The molecular formula is C12H12ClN3S. The van der Waals surface area contributed by atoms with Gasteiger partial charge in [0.05, 0.1) is 26.6 Å². The molecule has 3 heterocycles. The van der Waals surface area contributed by atoms with Gasteiger partial charge >= 0.3 is 0 Å². The lowest BCUT2D eigenvalue weighted by Crippen LogP contribution is -1.93. The highest BCUT2D eigenvalue weighted by atomic mass is 35.5. The van der Waals surface area contributed by atoms with Gasteiger partial charge in [0.25, 0.3) is 0 Å². The van der Waals surface area contributed by atoms with Gasteiger partial charge in [0.15, 0.2) is 0 Å². The van der Waals surface area contributed by atoms with Crippen molar-refractivity contribution in [3.63, 3.8) is 0 Å². The Morgan fingerprint density at radius 1 is 1.18 bits per heavy atom. The van der Waals surface area contributed by atoms with E-state index < -0.39 is 0 Å². The number of aromatic nitrogens is 3. The predicted octanol–water partition coefficient (Wildman–Crippen LogP) is 3.76. The van der Waals surface area contributed by atoms with Gasteiger partial charge in [-0.2, -0.15) is 5.10 Å². The zero-order valence-electron chi connectivity index (χ0n) is 10.1. The molecule has 0 amide bonds. The Hall–Kier alpha value is -1.13. The number of fused-ring (bicyclic) bond motifs is 3. The van der Waals surface area contributed by atoms with Crippen LogP contribution in [0.25, 0.3) is 20.4 Å². The summed E-state index contributed by atoms with van der Waals surface area (Å²) in [5.74, 6) is 0. The molecule has 0 radical (unpaired) electrons. The van der Waals surface area contributed by atoms with E-state index in [-0.39, 0.29) is 0 Å². The molecule has 88 valence electrons. The maximum Gasteiger partial charge on any atom is 0.126 e. The lowest BCUT2D eigenvalue weighted by molar-refractivity contribution is 0.785. The second-order valence-corrected chi connectivity index (χ2v) is 5.68. The minimum Gasteiger partial charge on any atom is -0.266 e. The average Bonchev–Trinajstić information content (AvgIpc) is 2.76. The molecular weight excluding hydrogens is 254 g/mol. The summed E-state index contributed by atoms with van der Waals surface area (Å²) in [6.45, 7) is 6.03. The molecule has 0 aliphatic heterocycles. The number of halogens is 1. The summed E-state index contributed by atoms with van der Waals surface area (Å²) in [4.78, 5) is 5.62. The monoisotopic (exact) mass is 265 g/mol. The normalized spacial score (nSPS) is 11.8. The number of thiophene rings is 1.